The van der Waals surface area contributed by atoms with E-state index in [9.17, 15) is 4.79 Å². The number of esters is 1. The maximum Gasteiger partial charge on any atom is 0.340 e. The molecular weight excluding hydrogens is 316 g/mol. The fourth-order valence-electron chi connectivity index (χ4n) is 2.94. The van der Waals surface area contributed by atoms with Gasteiger partial charge in [0.2, 0.25) is 0 Å². The van der Waals surface area contributed by atoms with E-state index < -0.39 is 0 Å². The Balaban J connectivity index is 2.29. The number of para-hydroxylation sites is 2. The standard InChI is InChI=1S/C19H20N4O2/c1-2-25-18(24)17-14-10-6-7-11-15(14)23(13-8-4-3-5-9-13)16(17)12-22-19(20)21/h3-11H,2,12H2,1H3,(H4,20,21,22). The number of nitrogens with one attached hydrogen (secondary N) is 2. The second-order valence-corrected chi connectivity index (χ2v) is 5.50. The highest BCUT2D eigenvalue weighted by Crippen LogP contribution is 2.30. The zero-order chi connectivity index (χ0) is 17.8. The Bertz CT molecular complexity index is 916. The fraction of sp³-hybridized carbons (Fsp3) is 0.158. The zero-order valence-electron chi connectivity index (χ0n) is 14.0. The number of guanidine groups is 1. The van der Waals surface area contributed by atoms with Crippen molar-refractivity contribution in [1.29, 1.82) is 5.41 Å². The van der Waals surface area contributed by atoms with Crippen molar-refractivity contribution in [3.8, 4) is 5.69 Å². The predicted octanol–water partition coefficient (Wildman–Crippen LogP) is 2.79. The Morgan fingerprint density at radius 3 is 2.52 bits per heavy atom. The van der Waals surface area contributed by atoms with Crippen molar-refractivity contribution in [3.63, 3.8) is 0 Å². The van der Waals surface area contributed by atoms with Crippen LogP contribution in [0, 0.1) is 5.41 Å². The molecule has 6 nitrogen and oxygen atoms in total. The molecule has 0 bridgehead atoms. The van der Waals surface area contributed by atoms with Gasteiger partial charge in [-0.3, -0.25) is 5.41 Å². The highest BCUT2D eigenvalue weighted by molar-refractivity contribution is 6.06. The quantitative estimate of drug-likeness (QED) is 0.379. The van der Waals surface area contributed by atoms with Crippen LogP contribution in [0.15, 0.2) is 54.6 Å². The number of benzene rings is 2. The first-order valence-corrected chi connectivity index (χ1v) is 8.06. The van der Waals surface area contributed by atoms with Gasteiger partial charge in [-0.1, -0.05) is 36.4 Å². The fourth-order valence-corrected chi connectivity index (χ4v) is 2.94. The molecule has 0 atom stereocenters. The van der Waals surface area contributed by atoms with Gasteiger partial charge in [-0.15, -0.1) is 0 Å². The minimum atomic E-state index is -0.381. The van der Waals surface area contributed by atoms with E-state index in [1.54, 1.807) is 6.92 Å². The summed E-state index contributed by atoms with van der Waals surface area (Å²) in [6, 6.07) is 17.4. The third-order valence-corrected chi connectivity index (χ3v) is 3.91. The molecule has 0 unspecified atom stereocenters. The van der Waals surface area contributed by atoms with Crippen LogP contribution < -0.4 is 11.1 Å². The van der Waals surface area contributed by atoms with E-state index in [0.29, 0.717) is 17.9 Å². The van der Waals surface area contributed by atoms with E-state index in [-0.39, 0.29) is 18.5 Å². The number of rotatable bonds is 5. The molecule has 0 radical (unpaired) electrons. The molecule has 6 heteroatoms. The van der Waals surface area contributed by atoms with Gasteiger partial charge in [0, 0.05) is 11.1 Å². The highest BCUT2D eigenvalue weighted by Gasteiger charge is 2.24. The molecule has 0 amide bonds. The Morgan fingerprint density at radius 2 is 1.84 bits per heavy atom. The SMILES string of the molecule is CCOC(=O)c1c(CNC(=N)N)n(-c2ccccc2)c2ccccc12. The summed E-state index contributed by atoms with van der Waals surface area (Å²) in [6.45, 7) is 2.32. The van der Waals surface area contributed by atoms with E-state index in [4.69, 9.17) is 15.9 Å². The van der Waals surface area contributed by atoms with E-state index in [1.807, 2.05) is 59.2 Å². The first kappa shape index (κ1) is 16.6. The topological polar surface area (TPSA) is 93.1 Å². The van der Waals surface area contributed by atoms with Crippen LogP contribution in [0.4, 0.5) is 0 Å². The van der Waals surface area contributed by atoms with Gasteiger partial charge in [-0.25, -0.2) is 4.79 Å². The van der Waals surface area contributed by atoms with Gasteiger partial charge in [0.15, 0.2) is 5.96 Å². The molecule has 0 aliphatic rings. The van der Waals surface area contributed by atoms with Gasteiger partial charge >= 0.3 is 5.97 Å². The molecule has 3 aromatic rings. The lowest BCUT2D eigenvalue weighted by molar-refractivity contribution is 0.0527. The summed E-state index contributed by atoms with van der Waals surface area (Å²) >= 11 is 0. The van der Waals surface area contributed by atoms with Crippen molar-refractivity contribution in [2.75, 3.05) is 6.61 Å². The number of aromatic nitrogens is 1. The van der Waals surface area contributed by atoms with E-state index in [0.717, 1.165) is 16.6 Å². The van der Waals surface area contributed by atoms with Gasteiger partial charge in [-0.2, -0.15) is 0 Å². The van der Waals surface area contributed by atoms with Crippen LogP contribution in [0.2, 0.25) is 0 Å². The molecule has 3 rings (SSSR count). The summed E-state index contributed by atoms with van der Waals surface area (Å²) in [5, 5.41) is 11.1. The molecule has 2 aromatic carbocycles. The molecule has 0 aliphatic carbocycles. The molecule has 0 spiro atoms. The number of nitrogens with zero attached hydrogens (tertiary/aromatic N) is 1. The molecular formula is C19H20N4O2. The van der Waals surface area contributed by atoms with Gasteiger partial charge in [-0.05, 0) is 25.1 Å². The molecule has 25 heavy (non-hydrogen) atoms. The minimum Gasteiger partial charge on any atom is -0.462 e. The molecule has 128 valence electrons. The average molecular weight is 336 g/mol. The number of carbonyl (C=O) groups excluding carboxylic acids is 1. The normalized spacial score (nSPS) is 10.6. The summed E-state index contributed by atoms with van der Waals surface area (Å²) in [7, 11) is 0. The number of ether oxygens (including phenoxy) is 1. The maximum absolute atomic E-state index is 12.6. The summed E-state index contributed by atoms with van der Waals surface area (Å²) in [6.07, 6.45) is 0. The summed E-state index contributed by atoms with van der Waals surface area (Å²) in [5.41, 5.74) is 8.49. The van der Waals surface area contributed by atoms with Gasteiger partial charge in [0.1, 0.15) is 0 Å². The van der Waals surface area contributed by atoms with Crippen LogP contribution in [0.1, 0.15) is 23.0 Å². The smallest absolute Gasteiger partial charge is 0.340 e. The van der Waals surface area contributed by atoms with Crippen molar-refractivity contribution in [2.24, 2.45) is 5.73 Å². The van der Waals surface area contributed by atoms with Crippen LogP contribution in [0.25, 0.3) is 16.6 Å². The summed E-state index contributed by atoms with van der Waals surface area (Å²) in [5.74, 6) is -0.534. The van der Waals surface area contributed by atoms with Gasteiger partial charge in [0.05, 0.1) is 29.9 Å². The lowest BCUT2D eigenvalue weighted by Crippen LogP contribution is -2.31. The Kier molecular flexibility index (Phi) is 4.70. The number of carbonyl (C=O) groups is 1. The van der Waals surface area contributed by atoms with Crippen LogP contribution in [0.3, 0.4) is 0 Å². The summed E-state index contributed by atoms with van der Waals surface area (Å²) < 4.78 is 7.27. The monoisotopic (exact) mass is 336 g/mol. The number of hydrogen-bond donors (Lipinski definition) is 3. The van der Waals surface area contributed by atoms with Crippen molar-refractivity contribution < 1.29 is 9.53 Å². The predicted molar refractivity (Wildman–Crippen MR) is 98.0 cm³/mol. The Morgan fingerprint density at radius 1 is 1.16 bits per heavy atom. The van der Waals surface area contributed by atoms with E-state index in [1.165, 1.54) is 0 Å². The summed E-state index contributed by atoms with van der Waals surface area (Å²) in [4.78, 5) is 12.6. The molecule has 0 saturated carbocycles. The number of hydrogen-bond acceptors (Lipinski definition) is 3. The van der Waals surface area contributed by atoms with Crippen LogP contribution in [-0.4, -0.2) is 23.1 Å². The lowest BCUT2D eigenvalue weighted by atomic mass is 10.1. The van der Waals surface area contributed by atoms with Crippen LogP contribution in [0.5, 0.6) is 0 Å². The zero-order valence-corrected chi connectivity index (χ0v) is 14.0. The number of fused-ring (bicyclic) bond motifs is 1. The van der Waals surface area contributed by atoms with Gasteiger partial charge in [0.25, 0.3) is 0 Å². The second kappa shape index (κ2) is 7.09. The maximum atomic E-state index is 12.6. The molecule has 0 saturated heterocycles. The van der Waals surface area contributed by atoms with E-state index in [2.05, 4.69) is 5.32 Å². The van der Waals surface area contributed by atoms with Crippen LogP contribution in [-0.2, 0) is 11.3 Å². The first-order valence-electron chi connectivity index (χ1n) is 8.06. The van der Waals surface area contributed by atoms with Crippen molar-refractivity contribution in [3.05, 3.63) is 65.9 Å². The molecule has 0 fully saturated rings. The van der Waals surface area contributed by atoms with Crippen molar-refractivity contribution >= 4 is 22.8 Å². The lowest BCUT2D eigenvalue weighted by Gasteiger charge is -2.13. The van der Waals surface area contributed by atoms with Crippen molar-refractivity contribution in [1.82, 2.24) is 9.88 Å². The first-order chi connectivity index (χ1) is 12.1. The third kappa shape index (κ3) is 3.19. The molecule has 0 aliphatic heterocycles. The highest BCUT2D eigenvalue weighted by atomic mass is 16.5. The van der Waals surface area contributed by atoms with Gasteiger partial charge < -0.3 is 20.4 Å². The average Bonchev–Trinajstić information content (AvgIpc) is 2.95. The minimum absolute atomic E-state index is 0.153. The largest absolute Gasteiger partial charge is 0.462 e. The second-order valence-electron chi connectivity index (χ2n) is 5.50. The Labute approximate surface area is 145 Å². The van der Waals surface area contributed by atoms with Crippen LogP contribution >= 0.6 is 0 Å². The molecule has 1 aromatic heterocycles. The molecule has 1 heterocycles. The van der Waals surface area contributed by atoms with E-state index >= 15 is 0 Å². The molecule has 4 N–H and O–H groups in total. The van der Waals surface area contributed by atoms with Crippen molar-refractivity contribution in [2.45, 2.75) is 13.5 Å². The number of nitrogens with two attached hydrogens (primary N) is 1. The third-order valence-electron chi connectivity index (χ3n) is 3.91. The Hall–Kier alpha value is -3.28.